The number of rotatable bonds is 2. The number of alkyl halides is 1. The van der Waals surface area contributed by atoms with Gasteiger partial charge in [0.15, 0.2) is 0 Å². The van der Waals surface area contributed by atoms with Crippen molar-refractivity contribution in [1.82, 2.24) is 19.3 Å². The van der Waals surface area contributed by atoms with E-state index < -0.39 is 0 Å². The average Bonchev–Trinajstić information content (AvgIpc) is 2.88. The third-order valence-electron chi connectivity index (χ3n) is 3.23. The minimum Gasteiger partial charge on any atom is -0.292 e. The van der Waals surface area contributed by atoms with Crippen molar-refractivity contribution < 1.29 is 0 Å². The first-order chi connectivity index (χ1) is 9.47. The van der Waals surface area contributed by atoms with E-state index >= 15 is 0 Å². The molecule has 0 aliphatic carbocycles. The minimum absolute atomic E-state index is 0.180. The molecule has 20 heavy (non-hydrogen) atoms. The Morgan fingerprint density at radius 2 is 2.10 bits per heavy atom. The molecule has 0 bridgehead atoms. The molecule has 1 unspecified atom stereocenters. The van der Waals surface area contributed by atoms with Gasteiger partial charge in [-0.05, 0) is 32.0 Å². The van der Waals surface area contributed by atoms with Crippen LogP contribution in [0.25, 0.3) is 16.7 Å². The second kappa shape index (κ2) is 4.90. The number of aromatic nitrogens is 4. The van der Waals surface area contributed by atoms with Crippen LogP contribution in [0.15, 0.2) is 28.9 Å². The molecule has 104 valence electrons. The maximum Gasteiger partial charge on any atom is 0.132 e. The topological polar surface area (TPSA) is 35.6 Å². The average molecular weight is 354 g/mol. The number of hydrogen-bond acceptors (Lipinski definition) is 2. The Balaban J connectivity index is 2.39. The highest BCUT2D eigenvalue weighted by molar-refractivity contribution is 9.10. The molecule has 2 heterocycles. The summed E-state index contributed by atoms with van der Waals surface area (Å²) >= 11 is 9.82. The Morgan fingerprint density at radius 3 is 2.70 bits per heavy atom. The van der Waals surface area contributed by atoms with Crippen LogP contribution in [0, 0.1) is 6.92 Å². The van der Waals surface area contributed by atoms with E-state index in [1.807, 2.05) is 39.2 Å². The summed E-state index contributed by atoms with van der Waals surface area (Å²) in [4.78, 5) is 4.65. The Labute approximate surface area is 130 Å². The van der Waals surface area contributed by atoms with Crippen LogP contribution < -0.4 is 0 Å². The number of halogens is 2. The summed E-state index contributed by atoms with van der Waals surface area (Å²) in [6, 6.07) is 6.03. The molecule has 1 aromatic carbocycles. The Hall–Kier alpha value is -1.33. The number of imidazole rings is 1. The fraction of sp³-hybridized carbons (Fsp3) is 0.286. The van der Waals surface area contributed by atoms with Crippen molar-refractivity contribution in [3.63, 3.8) is 0 Å². The third-order valence-corrected chi connectivity index (χ3v) is 3.92. The van der Waals surface area contributed by atoms with E-state index in [0.717, 1.165) is 32.7 Å². The molecule has 0 fully saturated rings. The SMILES string of the molecule is Cc1nn(C)cc1-n1c(C(C)Cl)nc2ccc(Br)cc21. The van der Waals surface area contributed by atoms with Crippen molar-refractivity contribution in [2.75, 3.05) is 0 Å². The van der Waals surface area contributed by atoms with Gasteiger partial charge in [0.25, 0.3) is 0 Å². The number of nitrogens with zero attached hydrogens (tertiary/aromatic N) is 4. The smallest absolute Gasteiger partial charge is 0.132 e. The van der Waals surface area contributed by atoms with Crippen LogP contribution in [-0.4, -0.2) is 19.3 Å². The molecule has 0 N–H and O–H groups in total. The highest BCUT2D eigenvalue weighted by Gasteiger charge is 2.19. The molecular formula is C14H14BrClN4. The minimum atomic E-state index is -0.180. The van der Waals surface area contributed by atoms with Crippen LogP contribution in [0.4, 0.5) is 0 Å². The predicted molar refractivity (Wildman–Crippen MR) is 84.5 cm³/mol. The van der Waals surface area contributed by atoms with Crippen molar-refractivity contribution in [3.8, 4) is 5.69 Å². The Kier molecular flexibility index (Phi) is 3.34. The van der Waals surface area contributed by atoms with Gasteiger partial charge in [-0.15, -0.1) is 11.6 Å². The lowest BCUT2D eigenvalue weighted by molar-refractivity contribution is 0.756. The Morgan fingerprint density at radius 1 is 1.35 bits per heavy atom. The van der Waals surface area contributed by atoms with Gasteiger partial charge < -0.3 is 0 Å². The van der Waals surface area contributed by atoms with Gasteiger partial charge in [-0.1, -0.05) is 15.9 Å². The van der Waals surface area contributed by atoms with E-state index in [0.29, 0.717) is 0 Å². The number of fused-ring (bicyclic) bond motifs is 1. The third kappa shape index (κ3) is 2.15. The molecule has 3 rings (SSSR count). The van der Waals surface area contributed by atoms with Gasteiger partial charge in [-0.3, -0.25) is 9.25 Å². The van der Waals surface area contributed by atoms with E-state index in [9.17, 15) is 0 Å². The van der Waals surface area contributed by atoms with Crippen molar-refractivity contribution in [2.24, 2.45) is 7.05 Å². The molecule has 2 aromatic heterocycles. The monoisotopic (exact) mass is 352 g/mol. The zero-order valence-corrected chi connectivity index (χ0v) is 13.8. The van der Waals surface area contributed by atoms with Gasteiger partial charge in [-0.25, -0.2) is 4.98 Å². The molecule has 0 amide bonds. The lowest BCUT2D eigenvalue weighted by Gasteiger charge is -2.09. The number of aryl methyl sites for hydroxylation is 2. The van der Waals surface area contributed by atoms with Gasteiger partial charge in [0, 0.05) is 17.7 Å². The van der Waals surface area contributed by atoms with Crippen molar-refractivity contribution >= 4 is 38.6 Å². The number of hydrogen-bond donors (Lipinski definition) is 0. The van der Waals surface area contributed by atoms with Crippen molar-refractivity contribution in [1.29, 1.82) is 0 Å². The van der Waals surface area contributed by atoms with E-state index in [1.165, 1.54) is 0 Å². The highest BCUT2D eigenvalue weighted by Crippen LogP contribution is 2.30. The summed E-state index contributed by atoms with van der Waals surface area (Å²) in [6.45, 7) is 3.92. The molecule has 6 heteroatoms. The van der Waals surface area contributed by atoms with E-state index in [-0.39, 0.29) is 5.38 Å². The quantitative estimate of drug-likeness (QED) is 0.649. The van der Waals surface area contributed by atoms with E-state index in [4.69, 9.17) is 11.6 Å². The van der Waals surface area contributed by atoms with Crippen molar-refractivity contribution in [3.05, 3.63) is 40.4 Å². The van der Waals surface area contributed by atoms with Crippen LogP contribution in [0.1, 0.15) is 23.8 Å². The fourth-order valence-corrected chi connectivity index (χ4v) is 2.89. The Bertz CT molecular complexity index is 788. The van der Waals surface area contributed by atoms with Gasteiger partial charge in [-0.2, -0.15) is 5.10 Å². The van der Waals surface area contributed by atoms with Crippen molar-refractivity contribution in [2.45, 2.75) is 19.2 Å². The fourth-order valence-electron chi connectivity index (χ4n) is 2.39. The maximum absolute atomic E-state index is 6.31. The summed E-state index contributed by atoms with van der Waals surface area (Å²) in [5, 5.41) is 4.23. The molecule has 0 spiro atoms. The zero-order chi connectivity index (χ0) is 14.4. The summed E-state index contributed by atoms with van der Waals surface area (Å²) in [5.41, 5.74) is 3.91. The summed E-state index contributed by atoms with van der Waals surface area (Å²) < 4.78 is 4.90. The first-order valence-electron chi connectivity index (χ1n) is 6.30. The highest BCUT2D eigenvalue weighted by atomic mass is 79.9. The van der Waals surface area contributed by atoms with Crippen LogP contribution in [0.2, 0.25) is 0 Å². The molecule has 4 nitrogen and oxygen atoms in total. The molecule has 0 saturated heterocycles. The van der Waals surface area contributed by atoms with E-state index in [2.05, 4.69) is 36.6 Å². The normalized spacial score (nSPS) is 13.1. The van der Waals surface area contributed by atoms with Crippen LogP contribution in [0.3, 0.4) is 0 Å². The molecular weight excluding hydrogens is 340 g/mol. The predicted octanol–water partition coefficient (Wildman–Crippen LogP) is 4.13. The number of benzene rings is 1. The summed E-state index contributed by atoms with van der Waals surface area (Å²) in [7, 11) is 1.91. The maximum atomic E-state index is 6.31. The van der Waals surface area contributed by atoms with Gasteiger partial charge in [0.05, 0.1) is 27.8 Å². The zero-order valence-electron chi connectivity index (χ0n) is 11.4. The molecule has 0 radical (unpaired) electrons. The standard InChI is InChI=1S/C14H14BrClN4/c1-8(16)14-17-11-5-4-10(15)6-12(11)20(14)13-7-19(3)18-9(13)2/h4-8H,1-3H3. The second-order valence-corrected chi connectivity index (χ2v) is 6.40. The first-order valence-corrected chi connectivity index (χ1v) is 7.53. The molecule has 3 aromatic rings. The van der Waals surface area contributed by atoms with Crippen LogP contribution in [0.5, 0.6) is 0 Å². The van der Waals surface area contributed by atoms with Crippen LogP contribution >= 0.6 is 27.5 Å². The second-order valence-electron chi connectivity index (χ2n) is 4.83. The summed E-state index contributed by atoms with van der Waals surface area (Å²) in [6.07, 6.45) is 1.99. The first kappa shape index (κ1) is 13.6. The molecule has 0 aliphatic rings. The van der Waals surface area contributed by atoms with Gasteiger partial charge in [0.1, 0.15) is 5.82 Å². The van der Waals surface area contributed by atoms with Crippen LogP contribution in [-0.2, 0) is 7.05 Å². The summed E-state index contributed by atoms with van der Waals surface area (Å²) in [5.74, 6) is 0.830. The van der Waals surface area contributed by atoms with Gasteiger partial charge in [0.2, 0.25) is 0 Å². The largest absolute Gasteiger partial charge is 0.292 e. The molecule has 0 aliphatic heterocycles. The lowest BCUT2D eigenvalue weighted by Crippen LogP contribution is -2.02. The molecule has 1 atom stereocenters. The molecule has 0 saturated carbocycles. The van der Waals surface area contributed by atoms with E-state index in [1.54, 1.807) is 4.68 Å². The lowest BCUT2D eigenvalue weighted by atomic mass is 10.3. The van der Waals surface area contributed by atoms with Gasteiger partial charge >= 0.3 is 0 Å².